The van der Waals surface area contributed by atoms with Crippen LogP contribution in [0.25, 0.3) is 0 Å². The molecule has 0 amide bonds. The second kappa shape index (κ2) is 10.2. The van der Waals surface area contributed by atoms with Crippen LogP contribution in [0, 0.1) is 5.82 Å². The van der Waals surface area contributed by atoms with Gasteiger partial charge in [0.05, 0.1) is 0 Å². The summed E-state index contributed by atoms with van der Waals surface area (Å²) in [5.41, 5.74) is 1.07. The molecule has 0 spiro atoms. The first-order chi connectivity index (χ1) is 9.72. The van der Waals surface area contributed by atoms with Gasteiger partial charge in [0, 0.05) is 23.7 Å². The lowest BCUT2D eigenvalue weighted by Crippen LogP contribution is -2.25. The Balaban J connectivity index is 2.58. The molecule has 1 N–H and O–H groups in total. The molecule has 2 nitrogen and oxygen atoms in total. The molecule has 0 saturated carbocycles. The van der Waals surface area contributed by atoms with Gasteiger partial charge in [-0.2, -0.15) is 0 Å². The zero-order valence-corrected chi connectivity index (χ0v) is 13.7. The molecule has 0 unspecified atom stereocenters. The highest BCUT2D eigenvalue weighted by Gasteiger charge is 2.09. The van der Waals surface area contributed by atoms with E-state index >= 15 is 0 Å². The maximum Gasteiger partial charge on any atom is 0.137 e. The SMILES string of the molecule is CCCNCc1cccc(F)c1SCCN(CC)CC. The highest BCUT2D eigenvalue weighted by molar-refractivity contribution is 7.99. The van der Waals surface area contributed by atoms with E-state index in [0.29, 0.717) is 0 Å². The normalized spacial score (nSPS) is 11.2. The van der Waals surface area contributed by atoms with E-state index in [1.807, 2.05) is 6.07 Å². The zero-order valence-electron chi connectivity index (χ0n) is 12.9. The summed E-state index contributed by atoms with van der Waals surface area (Å²) in [6, 6.07) is 5.38. The minimum atomic E-state index is -0.0923. The number of benzene rings is 1. The van der Waals surface area contributed by atoms with Gasteiger partial charge in [0.15, 0.2) is 0 Å². The Labute approximate surface area is 127 Å². The molecular formula is C16H27FN2S. The predicted molar refractivity (Wildman–Crippen MR) is 86.9 cm³/mol. The van der Waals surface area contributed by atoms with E-state index in [1.165, 1.54) is 0 Å². The summed E-state index contributed by atoms with van der Waals surface area (Å²) in [6.07, 6.45) is 1.10. The molecule has 0 bridgehead atoms. The Hall–Kier alpha value is -0.580. The van der Waals surface area contributed by atoms with Crippen molar-refractivity contribution in [3.8, 4) is 0 Å². The van der Waals surface area contributed by atoms with Crippen molar-refractivity contribution in [2.75, 3.05) is 31.9 Å². The predicted octanol–water partition coefficient (Wildman–Crippen LogP) is 3.76. The smallest absolute Gasteiger partial charge is 0.137 e. The highest BCUT2D eigenvalue weighted by Crippen LogP contribution is 2.26. The van der Waals surface area contributed by atoms with Crippen molar-refractivity contribution >= 4 is 11.8 Å². The molecule has 1 aromatic carbocycles. The topological polar surface area (TPSA) is 15.3 Å². The van der Waals surface area contributed by atoms with Gasteiger partial charge in [-0.3, -0.25) is 0 Å². The summed E-state index contributed by atoms with van der Waals surface area (Å²) in [7, 11) is 0. The summed E-state index contributed by atoms with van der Waals surface area (Å²) < 4.78 is 14.0. The minimum absolute atomic E-state index is 0.0923. The van der Waals surface area contributed by atoms with Crippen LogP contribution in [0.1, 0.15) is 32.8 Å². The van der Waals surface area contributed by atoms with Crippen LogP contribution in [0.4, 0.5) is 4.39 Å². The van der Waals surface area contributed by atoms with Crippen molar-refractivity contribution in [1.82, 2.24) is 10.2 Å². The first-order valence-electron chi connectivity index (χ1n) is 7.56. The first kappa shape index (κ1) is 17.5. The van der Waals surface area contributed by atoms with Gasteiger partial charge in [-0.05, 0) is 37.7 Å². The van der Waals surface area contributed by atoms with Crippen LogP contribution in [-0.4, -0.2) is 36.8 Å². The maximum atomic E-state index is 14.0. The van der Waals surface area contributed by atoms with Crippen LogP contribution in [-0.2, 0) is 6.54 Å². The summed E-state index contributed by atoms with van der Waals surface area (Å²) >= 11 is 1.63. The molecule has 1 aromatic rings. The second-order valence-electron chi connectivity index (χ2n) is 4.78. The van der Waals surface area contributed by atoms with Gasteiger partial charge in [0.1, 0.15) is 5.82 Å². The van der Waals surface area contributed by atoms with Crippen molar-refractivity contribution in [3.05, 3.63) is 29.6 Å². The number of thioether (sulfide) groups is 1. The number of hydrogen-bond acceptors (Lipinski definition) is 3. The third-order valence-electron chi connectivity index (χ3n) is 3.34. The summed E-state index contributed by atoms with van der Waals surface area (Å²) in [5.74, 6) is 0.842. The second-order valence-corrected chi connectivity index (χ2v) is 5.89. The van der Waals surface area contributed by atoms with Crippen LogP contribution in [0.5, 0.6) is 0 Å². The Morgan fingerprint density at radius 2 is 1.95 bits per heavy atom. The van der Waals surface area contributed by atoms with Crippen LogP contribution in [0.2, 0.25) is 0 Å². The van der Waals surface area contributed by atoms with Gasteiger partial charge in [-0.1, -0.05) is 32.9 Å². The van der Waals surface area contributed by atoms with Gasteiger partial charge < -0.3 is 10.2 Å². The molecule has 0 heterocycles. The molecule has 0 atom stereocenters. The molecule has 0 radical (unpaired) electrons. The zero-order chi connectivity index (χ0) is 14.8. The number of nitrogens with zero attached hydrogens (tertiary/aromatic N) is 1. The molecule has 4 heteroatoms. The van der Waals surface area contributed by atoms with E-state index in [4.69, 9.17) is 0 Å². The molecule has 0 aromatic heterocycles. The molecule has 1 rings (SSSR count). The van der Waals surface area contributed by atoms with Crippen LogP contribution < -0.4 is 5.32 Å². The van der Waals surface area contributed by atoms with Gasteiger partial charge in [0.2, 0.25) is 0 Å². The Morgan fingerprint density at radius 1 is 1.20 bits per heavy atom. The van der Waals surface area contributed by atoms with Crippen LogP contribution in [0.3, 0.4) is 0 Å². The average Bonchev–Trinajstić information content (AvgIpc) is 2.46. The van der Waals surface area contributed by atoms with Gasteiger partial charge in [-0.15, -0.1) is 11.8 Å². The average molecular weight is 298 g/mol. The van der Waals surface area contributed by atoms with E-state index in [2.05, 4.69) is 31.0 Å². The lowest BCUT2D eigenvalue weighted by Gasteiger charge is -2.18. The maximum absolute atomic E-state index is 14.0. The molecule has 114 valence electrons. The standard InChI is InChI=1S/C16H27FN2S/c1-4-10-18-13-14-8-7-9-15(17)16(14)20-12-11-19(5-2)6-3/h7-9,18H,4-6,10-13H2,1-3H3. The first-order valence-corrected chi connectivity index (χ1v) is 8.54. The largest absolute Gasteiger partial charge is 0.313 e. The number of halogens is 1. The number of rotatable bonds is 10. The molecule has 0 saturated heterocycles. The molecule has 20 heavy (non-hydrogen) atoms. The summed E-state index contributed by atoms with van der Waals surface area (Å²) in [4.78, 5) is 3.17. The van der Waals surface area contributed by atoms with E-state index in [1.54, 1.807) is 23.9 Å². The lowest BCUT2D eigenvalue weighted by molar-refractivity contribution is 0.324. The van der Waals surface area contributed by atoms with Gasteiger partial charge >= 0.3 is 0 Å². The monoisotopic (exact) mass is 298 g/mol. The number of hydrogen-bond donors (Lipinski definition) is 1. The number of nitrogens with one attached hydrogen (secondary N) is 1. The van der Waals surface area contributed by atoms with Crippen molar-refractivity contribution in [1.29, 1.82) is 0 Å². The molecule has 0 aliphatic heterocycles. The fourth-order valence-corrected chi connectivity index (χ4v) is 3.16. The molecule has 0 aliphatic rings. The van der Waals surface area contributed by atoms with Crippen molar-refractivity contribution in [2.45, 2.75) is 38.6 Å². The fraction of sp³-hybridized carbons (Fsp3) is 0.625. The van der Waals surface area contributed by atoms with Crippen molar-refractivity contribution < 1.29 is 4.39 Å². The third kappa shape index (κ3) is 5.81. The van der Waals surface area contributed by atoms with Crippen LogP contribution in [0.15, 0.2) is 23.1 Å². The van der Waals surface area contributed by atoms with Crippen molar-refractivity contribution in [3.63, 3.8) is 0 Å². The Bertz CT molecular complexity index is 381. The third-order valence-corrected chi connectivity index (χ3v) is 4.47. The fourth-order valence-electron chi connectivity index (χ4n) is 2.07. The molecule has 0 fully saturated rings. The van der Waals surface area contributed by atoms with E-state index < -0.39 is 0 Å². The minimum Gasteiger partial charge on any atom is -0.313 e. The molecular weight excluding hydrogens is 271 g/mol. The molecule has 0 aliphatic carbocycles. The lowest BCUT2D eigenvalue weighted by atomic mass is 10.2. The van der Waals surface area contributed by atoms with Crippen LogP contribution >= 0.6 is 11.8 Å². The van der Waals surface area contributed by atoms with Crippen molar-refractivity contribution in [2.24, 2.45) is 0 Å². The van der Waals surface area contributed by atoms with Gasteiger partial charge in [0.25, 0.3) is 0 Å². The summed E-state index contributed by atoms with van der Waals surface area (Å²) in [6.45, 7) is 11.3. The Kier molecular flexibility index (Phi) is 8.90. The van der Waals surface area contributed by atoms with E-state index in [9.17, 15) is 4.39 Å². The quantitative estimate of drug-likeness (QED) is 0.523. The van der Waals surface area contributed by atoms with E-state index in [-0.39, 0.29) is 5.82 Å². The highest BCUT2D eigenvalue weighted by atomic mass is 32.2. The van der Waals surface area contributed by atoms with E-state index in [0.717, 1.165) is 55.4 Å². The van der Waals surface area contributed by atoms with Gasteiger partial charge in [-0.25, -0.2) is 4.39 Å². The summed E-state index contributed by atoms with van der Waals surface area (Å²) in [5, 5.41) is 3.35. The Morgan fingerprint density at radius 3 is 2.60 bits per heavy atom.